The number of nitrogens with one attached hydrogen (secondary N) is 1. The van der Waals surface area contributed by atoms with Gasteiger partial charge in [-0.15, -0.1) is 11.3 Å². The van der Waals surface area contributed by atoms with Crippen molar-refractivity contribution in [3.05, 3.63) is 52.5 Å². The lowest BCUT2D eigenvalue weighted by Gasteiger charge is -2.27. The number of aromatic nitrogens is 1. The van der Waals surface area contributed by atoms with Crippen LogP contribution in [0.1, 0.15) is 49.0 Å². The molecule has 2 aromatic rings. The maximum Gasteiger partial charge on any atom is 0.317 e. The minimum atomic E-state index is 0.0287. The van der Waals surface area contributed by atoms with Crippen molar-refractivity contribution < 1.29 is 4.79 Å². The molecule has 2 amide bonds. The molecule has 0 radical (unpaired) electrons. The predicted molar refractivity (Wildman–Crippen MR) is 102 cm³/mol. The van der Waals surface area contributed by atoms with Crippen molar-refractivity contribution in [1.82, 2.24) is 15.2 Å². The first-order chi connectivity index (χ1) is 12.3. The average Bonchev–Trinajstić information content (AvgIpc) is 3.18. The Morgan fingerprint density at radius 3 is 2.72 bits per heavy atom. The molecular weight excluding hydrogens is 330 g/mol. The Balaban J connectivity index is 1.55. The number of nitrogens with zero attached hydrogens (tertiary/aromatic N) is 2. The topological polar surface area (TPSA) is 45.2 Å². The van der Waals surface area contributed by atoms with Crippen LogP contribution in [0.3, 0.4) is 0 Å². The third-order valence-electron chi connectivity index (χ3n) is 4.94. The molecule has 1 aliphatic rings. The highest BCUT2D eigenvalue weighted by Crippen LogP contribution is 2.26. The lowest BCUT2D eigenvalue weighted by atomic mass is 9.87. The molecule has 0 aromatic carbocycles. The Labute approximate surface area is 154 Å². The summed E-state index contributed by atoms with van der Waals surface area (Å²) in [6.07, 6.45) is 11.4. The van der Waals surface area contributed by atoms with Crippen LogP contribution in [0.25, 0.3) is 0 Å². The number of carbonyl (C=O) groups excluding carboxylic acids is 1. The van der Waals surface area contributed by atoms with Gasteiger partial charge in [-0.3, -0.25) is 4.98 Å². The van der Waals surface area contributed by atoms with Crippen LogP contribution in [-0.4, -0.2) is 22.5 Å². The number of hydrogen-bond acceptors (Lipinski definition) is 3. The van der Waals surface area contributed by atoms with Crippen molar-refractivity contribution in [3.8, 4) is 0 Å². The minimum absolute atomic E-state index is 0.0287. The summed E-state index contributed by atoms with van der Waals surface area (Å²) in [7, 11) is 0. The maximum absolute atomic E-state index is 12.7. The second kappa shape index (κ2) is 9.56. The number of pyridine rings is 1. The first-order valence-corrected chi connectivity index (χ1v) is 10.1. The molecule has 2 heterocycles. The molecule has 5 heteroatoms. The summed E-state index contributed by atoms with van der Waals surface area (Å²) in [5.74, 6) is 0.785. The van der Waals surface area contributed by atoms with Gasteiger partial charge >= 0.3 is 6.03 Å². The molecular formula is C20H27N3OS. The van der Waals surface area contributed by atoms with Crippen LogP contribution >= 0.6 is 11.3 Å². The van der Waals surface area contributed by atoms with Gasteiger partial charge in [-0.05, 0) is 41.5 Å². The summed E-state index contributed by atoms with van der Waals surface area (Å²) in [5, 5.41) is 5.14. The third kappa shape index (κ3) is 5.85. The van der Waals surface area contributed by atoms with E-state index in [0.29, 0.717) is 13.1 Å². The fourth-order valence-electron chi connectivity index (χ4n) is 3.45. The van der Waals surface area contributed by atoms with Crippen LogP contribution in [0.2, 0.25) is 0 Å². The van der Waals surface area contributed by atoms with E-state index in [1.54, 1.807) is 23.7 Å². The fraction of sp³-hybridized carbons (Fsp3) is 0.500. The molecule has 134 valence electrons. The van der Waals surface area contributed by atoms with E-state index in [-0.39, 0.29) is 6.03 Å². The Hall–Kier alpha value is -1.88. The summed E-state index contributed by atoms with van der Waals surface area (Å²) in [5.41, 5.74) is 1.08. The van der Waals surface area contributed by atoms with Crippen molar-refractivity contribution >= 4 is 17.4 Å². The number of rotatable bonds is 7. The SMILES string of the molecule is O=C(NCc1ccncc1)N(CCC1CCCCC1)Cc1cccs1. The zero-order valence-electron chi connectivity index (χ0n) is 14.7. The number of amides is 2. The van der Waals surface area contributed by atoms with E-state index in [4.69, 9.17) is 0 Å². The van der Waals surface area contributed by atoms with Crippen LogP contribution in [0, 0.1) is 5.92 Å². The molecule has 3 rings (SSSR count). The number of thiophene rings is 1. The molecule has 0 unspecified atom stereocenters. The van der Waals surface area contributed by atoms with Gasteiger partial charge < -0.3 is 10.2 Å². The van der Waals surface area contributed by atoms with Crippen LogP contribution in [0.4, 0.5) is 4.79 Å². The van der Waals surface area contributed by atoms with Crippen LogP contribution < -0.4 is 5.32 Å². The van der Waals surface area contributed by atoms with Gasteiger partial charge in [0, 0.05) is 30.4 Å². The van der Waals surface area contributed by atoms with E-state index < -0.39 is 0 Å². The molecule has 1 N–H and O–H groups in total. The predicted octanol–water partition coefficient (Wildman–Crippen LogP) is 4.83. The lowest BCUT2D eigenvalue weighted by Crippen LogP contribution is -2.40. The molecule has 1 fully saturated rings. The average molecular weight is 358 g/mol. The van der Waals surface area contributed by atoms with Gasteiger partial charge in [0.15, 0.2) is 0 Å². The van der Waals surface area contributed by atoms with E-state index in [9.17, 15) is 4.79 Å². The Kier molecular flexibility index (Phi) is 6.86. The van der Waals surface area contributed by atoms with Gasteiger partial charge in [0.05, 0.1) is 6.54 Å². The maximum atomic E-state index is 12.7. The summed E-state index contributed by atoms with van der Waals surface area (Å²) in [6, 6.07) is 8.06. The van der Waals surface area contributed by atoms with Crippen molar-refractivity contribution in [2.75, 3.05) is 6.54 Å². The fourth-order valence-corrected chi connectivity index (χ4v) is 4.17. The first kappa shape index (κ1) is 17.9. The first-order valence-electron chi connectivity index (χ1n) is 9.25. The van der Waals surface area contributed by atoms with Gasteiger partial charge in [-0.1, -0.05) is 38.2 Å². The number of carbonyl (C=O) groups is 1. The van der Waals surface area contributed by atoms with Crippen LogP contribution in [-0.2, 0) is 13.1 Å². The van der Waals surface area contributed by atoms with E-state index >= 15 is 0 Å². The molecule has 0 saturated heterocycles. The van der Waals surface area contributed by atoms with Crippen molar-refractivity contribution in [1.29, 1.82) is 0 Å². The van der Waals surface area contributed by atoms with E-state index in [0.717, 1.165) is 24.4 Å². The summed E-state index contributed by atoms with van der Waals surface area (Å²) >= 11 is 1.71. The monoisotopic (exact) mass is 357 g/mol. The smallest absolute Gasteiger partial charge is 0.317 e. The molecule has 2 aromatic heterocycles. The number of urea groups is 1. The number of hydrogen-bond donors (Lipinski definition) is 1. The highest BCUT2D eigenvalue weighted by atomic mass is 32.1. The van der Waals surface area contributed by atoms with Gasteiger partial charge in [0.1, 0.15) is 0 Å². The molecule has 0 atom stereocenters. The van der Waals surface area contributed by atoms with E-state index in [1.165, 1.54) is 37.0 Å². The summed E-state index contributed by atoms with van der Waals surface area (Å²) in [4.78, 5) is 19.9. The largest absolute Gasteiger partial charge is 0.334 e. The van der Waals surface area contributed by atoms with Gasteiger partial charge in [0.25, 0.3) is 0 Å². The van der Waals surface area contributed by atoms with E-state index in [1.807, 2.05) is 23.1 Å². The van der Waals surface area contributed by atoms with Crippen LogP contribution in [0.15, 0.2) is 42.0 Å². The second-order valence-electron chi connectivity index (χ2n) is 6.81. The Morgan fingerprint density at radius 1 is 1.20 bits per heavy atom. The van der Waals surface area contributed by atoms with Gasteiger partial charge in [0.2, 0.25) is 0 Å². The lowest BCUT2D eigenvalue weighted by molar-refractivity contribution is 0.187. The Bertz CT molecular complexity index is 624. The highest BCUT2D eigenvalue weighted by Gasteiger charge is 2.18. The van der Waals surface area contributed by atoms with Crippen molar-refractivity contribution in [3.63, 3.8) is 0 Å². The van der Waals surface area contributed by atoms with Crippen LogP contribution in [0.5, 0.6) is 0 Å². The molecule has 25 heavy (non-hydrogen) atoms. The Morgan fingerprint density at radius 2 is 2.00 bits per heavy atom. The molecule has 1 aliphatic carbocycles. The molecule has 4 nitrogen and oxygen atoms in total. The normalized spacial score (nSPS) is 15.0. The standard InChI is InChI=1S/C20H27N3OS/c24-20(22-15-18-8-11-21-12-9-18)23(16-19-7-4-14-25-19)13-10-17-5-2-1-3-6-17/h4,7-9,11-12,14,17H,1-3,5-6,10,13,15-16H2,(H,22,24). The quantitative estimate of drug-likeness (QED) is 0.772. The zero-order chi connectivity index (χ0) is 17.3. The molecule has 0 bridgehead atoms. The van der Waals surface area contributed by atoms with Gasteiger partial charge in [-0.2, -0.15) is 0 Å². The molecule has 0 spiro atoms. The summed E-state index contributed by atoms with van der Waals surface area (Å²) < 4.78 is 0. The minimum Gasteiger partial charge on any atom is -0.334 e. The second-order valence-corrected chi connectivity index (χ2v) is 7.84. The highest BCUT2D eigenvalue weighted by molar-refractivity contribution is 7.09. The molecule has 1 saturated carbocycles. The molecule has 0 aliphatic heterocycles. The van der Waals surface area contributed by atoms with Crippen molar-refractivity contribution in [2.24, 2.45) is 5.92 Å². The summed E-state index contributed by atoms with van der Waals surface area (Å²) in [6.45, 7) is 2.09. The van der Waals surface area contributed by atoms with Crippen molar-refractivity contribution in [2.45, 2.75) is 51.6 Å². The van der Waals surface area contributed by atoms with E-state index in [2.05, 4.69) is 21.7 Å². The third-order valence-corrected chi connectivity index (χ3v) is 5.80. The zero-order valence-corrected chi connectivity index (χ0v) is 15.5. The van der Waals surface area contributed by atoms with Gasteiger partial charge in [-0.25, -0.2) is 4.79 Å².